The molecule has 0 radical (unpaired) electrons. The molecule has 0 bridgehead atoms. The van der Waals surface area contributed by atoms with Crippen LogP contribution in [0.4, 0.5) is 11.4 Å². The van der Waals surface area contributed by atoms with E-state index in [9.17, 15) is 9.59 Å². The molecule has 198 valence electrons. The number of carbonyl (C=O) groups excluding carboxylic acids is 2. The quantitative estimate of drug-likeness (QED) is 0.244. The topological polar surface area (TPSA) is 65.0 Å². The number of rotatable bonds is 7. The molecule has 0 atom stereocenters. The lowest BCUT2D eigenvalue weighted by Crippen LogP contribution is -2.29. The minimum atomic E-state index is -0.0770. The van der Waals surface area contributed by atoms with Gasteiger partial charge in [0.2, 0.25) is 0 Å². The minimum Gasteiger partial charge on any atom is -0.384 e. The van der Waals surface area contributed by atoms with E-state index in [1.54, 1.807) is 35.7 Å². The Balaban J connectivity index is 1.58. The van der Waals surface area contributed by atoms with Gasteiger partial charge < -0.3 is 10.2 Å². The van der Waals surface area contributed by atoms with E-state index in [0.717, 1.165) is 32.4 Å². The minimum absolute atomic E-state index is 0.0300. The van der Waals surface area contributed by atoms with Crippen molar-refractivity contribution in [1.82, 2.24) is 9.80 Å². The fourth-order valence-corrected chi connectivity index (χ4v) is 6.91. The molecular weight excluding hydrogens is 525 g/mol. The van der Waals surface area contributed by atoms with Crippen molar-refractivity contribution in [3.63, 3.8) is 0 Å². The lowest BCUT2D eigenvalue weighted by atomic mass is 10.1. The van der Waals surface area contributed by atoms with Gasteiger partial charge in [-0.25, -0.2) is 4.99 Å². The molecule has 8 heteroatoms. The molecular formula is C31H30N4O2S2. The second-order valence-corrected chi connectivity index (χ2v) is 11.4. The summed E-state index contributed by atoms with van der Waals surface area (Å²) in [6.45, 7) is 6.76. The van der Waals surface area contributed by atoms with Crippen molar-refractivity contribution in [1.29, 1.82) is 0 Å². The molecule has 1 amide bonds. The predicted octanol–water partition coefficient (Wildman–Crippen LogP) is 7.32. The summed E-state index contributed by atoms with van der Waals surface area (Å²) >= 11 is 3.00. The number of carbonyl (C=O) groups is 2. The molecule has 6 nitrogen and oxygen atoms in total. The summed E-state index contributed by atoms with van der Waals surface area (Å²) in [5, 5.41) is 4.82. The van der Waals surface area contributed by atoms with E-state index in [2.05, 4.69) is 29.3 Å². The fraction of sp³-hybridized carbons (Fsp3) is 0.194. The number of amides is 1. The average molecular weight is 555 g/mol. The second-order valence-electron chi connectivity index (χ2n) is 9.26. The maximum Gasteiger partial charge on any atom is 0.269 e. The summed E-state index contributed by atoms with van der Waals surface area (Å²) in [5.41, 5.74) is 5.26. The Kier molecular flexibility index (Phi) is 7.95. The number of Topliss-reactive ketones (excluding diaryl/α,β-unsaturated/α-hetero) is 1. The molecule has 2 aliphatic rings. The van der Waals surface area contributed by atoms with Crippen LogP contribution in [0.5, 0.6) is 0 Å². The van der Waals surface area contributed by atoms with Crippen molar-refractivity contribution in [2.45, 2.75) is 27.3 Å². The SMILES string of the molecule is CCNc1ccc(C(C)=O)cc1N=C1S/C(=C2\SC(C)=C(c3ccccc3)N2C)C(=O)N1Cc1ccccc1. The summed E-state index contributed by atoms with van der Waals surface area (Å²) < 4.78 is 0. The molecule has 1 N–H and O–H groups in total. The molecule has 39 heavy (non-hydrogen) atoms. The number of benzene rings is 3. The number of hydrogen-bond acceptors (Lipinski definition) is 7. The van der Waals surface area contributed by atoms with Crippen molar-refractivity contribution >= 4 is 57.5 Å². The molecule has 3 aromatic carbocycles. The summed E-state index contributed by atoms with van der Waals surface area (Å²) in [5.74, 6) is -0.107. The smallest absolute Gasteiger partial charge is 0.269 e. The highest BCUT2D eigenvalue weighted by Crippen LogP contribution is 2.50. The number of thioether (sulfide) groups is 2. The van der Waals surface area contributed by atoms with Crippen molar-refractivity contribution in [2.24, 2.45) is 4.99 Å². The normalized spacial score (nSPS) is 18.5. The monoisotopic (exact) mass is 554 g/mol. The predicted molar refractivity (Wildman–Crippen MR) is 164 cm³/mol. The van der Waals surface area contributed by atoms with Gasteiger partial charge in [-0.05, 0) is 61.9 Å². The zero-order valence-electron chi connectivity index (χ0n) is 22.4. The Bertz CT molecular complexity index is 1510. The van der Waals surface area contributed by atoms with Crippen molar-refractivity contribution in [3.05, 3.63) is 110 Å². The molecule has 0 saturated carbocycles. The van der Waals surface area contributed by atoms with Crippen LogP contribution in [-0.2, 0) is 11.3 Å². The maximum absolute atomic E-state index is 14.0. The molecule has 1 saturated heterocycles. The van der Waals surface area contributed by atoms with Crippen LogP contribution in [0, 0.1) is 0 Å². The lowest BCUT2D eigenvalue weighted by Gasteiger charge is -2.19. The highest BCUT2D eigenvalue weighted by atomic mass is 32.2. The third-order valence-corrected chi connectivity index (χ3v) is 8.87. The lowest BCUT2D eigenvalue weighted by molar-refractivity contribution is -0.122. The van der Waals surface area contributed by atoms with E-state index >= 15 is 0 Å². The van der Waals surface area contributed by atoms with Gasteiger partial charge in [0.15, 0.2) is 11.0 Å². The number of allylic oxidation sites excluding steroid dienone is 1. The summed E-state index contributed by atoms with van der Waals surface area (Å²) in [7, 11) is 2.01. The van der Waals surface area contributed by atoms with Crippen LogP contribution in [0.25, 0.3) is 5.70 Å². The number of anilines is 1. The molecule has 2 heterocycles. The molecule has 3 aromatic rings. The van der Waals surface area contributed by atoms with E-state index < -0.39 is 0 Å². The van der Waals surface area contributed by atoms with Gasteiger partial charge in [0.05, 0.1) is 28.6 Å². The van der Waals surface area contributed by atoms with Crippen LogP contribution in [0.1, 0.15) is 42.3 Å². The average Bonchev–Trinajstić information content (AvgIpc) is 3.40. The van der Waals surface area contributed by atoms with Crippen LogP contribution in [0.2, 0.25) is 0 Å². The summed E-state index contributed by atoms with van der Waals surface area (Å²) in [6.07, 6.45) is 0. The Hall–Kier alpha value is -3.75. The van der Waals surface area contributed by atoms with Gasteiger partial charge in [-0.1, -0.05) is 72.4 Å². The second kappa shape index (κ2) is 11.6. The van der Waals surface area contributed by atoms with Gasteiger partial charge in [0.1, 0.15) is 4.91 Å². The number of aliphatic imine (C=N–C) groups is 1. The number of ketones is 1. The first kappa shape index (κ1) is 26.8. The zero-order chi connectivity index (χ0) is 27.5. The Morgan fingerprint density at radius 1 is 0.974 bits per heavy atom. The van der Waals surface area contributed by atoms with E-state index in [0.29, 0.717) is 34.4 Å². The molecule has 2 aliphatic heterocycles. The van der Waals surface area contributed by atoms with Gasteiger partial charge in [-0.2, -0.15) is 0 Å². The van der Waals surface area contributed by atoms with Crippen molar-refractivity contribution in [3.8, 4) is 0 Å². The van der Waals surface area contributed by atoms with Crippen LogP contribution in [-0.4, -0.2) is 40.3 Å². The number of nitrogens with zero attached hydrogens (tertiary/aromatic N) is 3. The van der Waals surface area contributed by atoms with Gasteiger partial charge in [0, 0.05) is 24.1 Å². The highest BCUT2D eigenvalue weighted by molar-refractivity contribution is 8.19. The first-order valence-corrected chi connectivity index (χ1v) is 14.4. The van der Waals surface area contributed by atoms with Gasteiger partial charge >= 0.3 is 0 Å². The largest absolute Gasteiger partial charge is 0.384 e. The zero-order valence-corrected chi connectivity index (χ0v) is 24.0. The first-order valence-electron chi connectivity index (χ1n) is 12.8. The maximum atomic E-state index is 14.0. The Labute approximate surface area is 237 Å². The third-order valence-electron chi connectivity index (χ3n) is 6.50. The molecule has 0 unspecified atom stereocenters. The number of nitrogens with one attached hydrogen (secondary N) is 1. The van der Waals surface area contributed by atoms with Gasteiger partial charge in [-0.3, -0.25) is 14.5 Å². The molecule has 5 rings (SSSR count). The number of hydrogen-bond donors (Lipinski definition) is 1. The van der Waals surface area contributed by atoms with Gasteiger partial charge in [0.25, 0.3) is 5.91 Å². The molecule has 0 spiro atoms. The van der Waals surface area contributed by atoms with Crippen LogP contribution >= 0.6 is 23.5 Å². The third kappa shape index (κ3) is 5.53. The highest BCUT2D eigenvalue weighted by Gasteiger charge is 2.39. The van der Waals surface area contributed by atoms with Crippen molar-refractivity contribution in [2.75, 3.05) is 18.9 Å². The van der Waals surface area contributed by atoms with Crippen LogP contribution in [0.15, 0.2) is 98.7 Å². The Morgan fingerprint density at radius 3 is 2.33 bits per heavy atom. The first-order chi connectivity index (χ1) is 18.9. The standard InChI is InChI=1S/C31H30N4O2S2/c1-5-32-25-17-16-24(20(2)36)18-26(25)33-31-35(19-22-12-8-6-9-13-22)29(37)28(39-31)30-34(4)27(21(3)38-30)23-14-10-7-11-15-23/h6-18,32H,5,19H2,1-4H3/b30-28-,33-31?. The fourth-order valence-electron chi connectivity index (χ4n) is 4.60. The van der Waals surface area contributed by atoms with Crippen LogP contribution < -0.4 is 5.32 Å². The summed E-state index contributed by atoms with van der Waals surface area (Å²) in [6, 6.07) is 25.6. The van der Waals surface area contributed by atoms with E-state index in [4.69, 9.17) is 4.99 Å². The molecule has 0 aromatic heterocycles. The van der Waals surface area contributed by atoms with Crippen molar-refractivity contribution < 1.29 is 9.59 Å². The number of amidine groups is 1. The van der Waals surface area contributed by atoms with Crippen LogP contribution in [0.3, 0.4) is 0 Å². The molecule has 1 fully saturated rings. The Morgan fingerprint density at radius 2 is 1.67 bits per heavy atom. The van der Waals surface area contributed by atoms with E-state index in [-0.39, 0.29) is 11.7 Å². The summed E-state index contributed by atoms with van der Waals surface area (Å²) in [4.78, 5) is 36.8. The van der Waals surface area contributed by atoms with E-state index in [1.807, 2.05) is 68.6 Å². The molecule has 0 aliphatic carbocycles. The van der Waals surface area contributed by atoms with E-state index in [1.165, 1.54) is 11.8 Å². The van der Waals surface area contributed by atoms with Gasteiger partial charge in [-0.15, -0.1) is 0 Å².